The monoisotopic (exact) mass is 326 g/mol. The summed E-state index contributed by atoms with van der Waals surface area (Å²) in [6, 6.07) is 3.15. The molecule has 118 valence electrons. The first-order valence-electron chi connectivity index (χ1n) is 6.36. The molecule has 9 nitrogen and oxygen atoms in total. The third-order valence-corrected chi connectivity index (χ3v) is 2.69. The minimum Gasteiger partial charge on any atom is -0.444 e. The Hall–Kier alpha value is -2.42. The molecule has 0 aliphatic carbocycles. The Bertz CT molecular complexity index is 721. The maximum absolute atomic E-state index is 11.6. The van der Waals surface area contributed by atoms with Gasteiger partial charge in [-0.25, -0.2) is 4.79 Å². The van der Waals surface area contributed by atoms with E-state index >= 15 is 0 Å². The van der Waals surface area contributed by atoms with Gasteiger partial charge in [0.15, 0.2) is 16.6 Å². The average Bonchev–Trinajstić information content (AvgIpc) is 2.84. The summed E-state index contributed by atoms with van der Waals surface area (Å²) in [7, 11) is 0. The van der Waals surface area contributed by atoms with E-state index in [4.69, 9.17) is 21.5 Å². The normalized spacial score (nSPS) is 12.5. The van der Waals surface area contributed by atoms with Gasteiger partial charge in [0, 0.05) is 0 Å². The molecule has 2 aromatic heterocycles. The quantitative estimate of drug-likeness (QED) is 0.502. The maximum Gasteiger partial charge on any atom is 0.408 e. The van der Waals surface area contributed by atoms with E-state index in [0.717, 1.165) is 0 Å². The van der Waals surface area contributed by atoms with Crippen molar-refractivity contribution in [2.45, 2.75) is 32.9 Å². The Morgan fingerprint density at radius 2 is 2.18 bits per heavy atom. The summed E-state index contributed by atoms with van der Waals surface area (Å²) < 4.78 is 6.52. The van der Waals surface area contributed by atoms with E-state index in [1.165, 1.54) is 10.6 Å². The van der Waals surface area contributed by atoms with Crippen LogP contribution in [-0.2, 0) is 11.3 Å². The number of ether oxygens (including phenoxy) is 1. The third-order valence-electron chi connectivity index (χ3n) is 2.42. The van der Waals surface area contributed by atoms with Gasteiger partial charge >= 0.3 is 6.09 Å². The molecule has 1 amide bonds. The number of amides is 1. The van der Waals surface area contributed by atoms with Crippen LogP contribution in [0.15, 0.2) is 17.3 Å². The number of rotatable bonds is 3. The second-order valence-electron chi connectivity index (χ2n) is 5.35. The maximum atomic E-state index is 11.6. The topological polar surface area (TPSA) is 114 Å². The highest BCUT2D eigenvalue weighted by Gasteiger charge is 2.17. The van der Waals surface area contributed by atoms with Gasteiger partial charge in [-0.2, -0.15) is 9.61 Å². The van der Waals surface area contributed by atoms with Crippen LogP contribution in [0.4, 0.5) is 4.79 Å². The Morgan fingerprint density at radius 3 is 2.82 bits per heavy atom. The molecule has 0 saturated carbocycles. The van der Waals surface area contributed by atoms with Crippen molar-refractivity contribution in [1.82, 2.24) is 25.1 Å². The zero-order valence-corrected chi connectivity index (χ0v) is 13.0. The van der Waals surface area contributed by atoms with Crippen molar-refractivity contribution in [2.75, 3.05) is 0 Å². The summed E-state index contributed by atoms with van der Waals surface area (Å²) in [5.41, 5.74) is 0.121. The lowest BCUT2D eigenvalue weighted by atomic mass is 10.2. The summed E-state index contributed by atoms with van der Waals surface area (Å²) in [4.78, 5) is 11.6. The van der Waals surface area contributed by atoms with Crippen LogP contribution >= 0.6 is 11.6 Å². The highest BCUT2D eigenvalue weighted by molar-refractivity contribution is 6.69. The van der Waals surface area contributed by atoms with Crippen LogP contribution in [-0.4, -0.2) is 41.9 Å². The standard InChI is InChI=1S/C12H15ClN6O3/c1-12(2,3)22-11(20)14-6-9-16-15-8-5-4-7(10(13)18-21)17-19(8)9/h4-5,21H,6H2,1-3H3,(H,14,20)/b18-10+. The number of carbonyl (C=O) groups excluding carboxylic acids is 1. The molecule has 0 aliphatic heterocycles. The van der Waals surface area contributed by atoms with E-state index in [2.05, 4.69) is 25.8 Å². The first-order chi connectivity index (χ1) is 10.3. The zero-order valence-electron chi connectivity index (χ0n) is 12.2. The fourth-order valence-corrected chi connectivity index (χ4v) is 1.67. The first-order valence-corrected chi connectivity index (χ1v) is 6.74. The van der Waals surface area contributed by atoms with Crippen molar-refractivity contribution in [3.05, 3.63) is 23.7 Å². The molecule has 0 aliphatic rings. The van der Waals surface area contributed by atoms with E-state index in [9.17, 15) is 4.79 Å². The molecular weight excluding hydrogens is 312 g/mol. The van der Waals surface area contributed by atoms with Crippen LogP contribution in [0.5, 0.6) is 0 Å². The summed E-state index contributed by atoms with van der Waals surface area (Å²) in [6.45, 7) is 5.37. The molecular formula is C12H15ClN6O3. The summed E-state index contributed by atoms with van der Waals surface area (Å²) in [5.74, 6) is 0.380. The zero-order chi connectivity index (χ0) is 16.3. The molecule has 0 bridgehead atoms. The fraction of sp³-hybridized carbons (Fsp3) is 0.417. The molecule has 0 saturated heterocycles. The minimum absolute atomic E-state index is 0.0699. The van der Waals surface area contributed by atoms with Gasteiger partial charge in [-0.1, -0.05) is 16.8 Å². The van der Waals surface area contributed by atoms with Gasteiger partial charge in [0.1, 0.15) is 11.3 Å². The Kier molecular flexibility index (Phi) is 4.45. The molecule has 0 aromatic carbocycles. The van der Waals surface area contributed by atoms with Gasteiger partial charge in [0.2, 0.25) is 0 Å². The number of carbonyl (C=O) groups is 1. The van der Waals surface area contributed by atoms with Crippen LogP contribution < -0.4 is 5.32 Å². The third kappa shape index (κ3) is 3.82. The Morgan fingerprint density at radius 1 is 1.45 bits per heavy atom. The lowest BCUT2D eigenvalue weighted by Gasteiger charge is -2.19. The number of alkyl carbamates (subject to hydrolysis) is 1. The molecule has 0 atom stereocenters. The van der Waals surface area contributed by atoms with Gasteiger partial charge in [-0.3, -0.25) is 0 Å². The second kappa shape index (κ2) is 6.14. The summed E-state index contributed by atoms with van der Waals surface area (Å²) >= 11 is 5.70. The molecule has 2 heterocycles. The van der Waals surface area contributed by atoms with Crippen molar-refractivity contribution in [3.8, 4) is 0 Å². The predicted molar refractivity (Wildman–Crippen MR) is 78.0 cm³/mol. The van der Waals surface area contributed by atoms with E-state index in [1.807, 2.05) is 0 Å². The molecule has 2 rings (SSSR count). The summed E-state index contributed by atoms with van der Waals surface area (Å²) in [6.07, 6.45) is -0.574. The molecule has 22 heavy (non-hydrogen) atoms. The van der Waals surface area contributed by atoms with E-state index in [0.29, 0.717) is 11.5 Å². The number of aromatic nitrogens is 4. The Labute approximate surface area is 130 Å². The molecule has 2 N–H and O–H groups in total. The number of hydrogen-bond donors (Lipinski definition) is 2. The molecule has 10 heteroatoms. The lowest BCUT2D eigenvalue weighted by Crippen LogP contribution is -2.32. The van der Waals surface area contributed by atoms with Crippen LogP contribution in [0, 0.1) is 0 Å². The SMILES string of the molecule is CC(C)(C)OC(=O)NCc1nnc2ccc(/C(Cl)=N\O)nn12. The molecule has 0 unspecified atom stereocenters. The second-order valence-corrected chi connectivity index (χ2v) is 5.71. The number of halogens is 1. The minimum atomic E-state index is -0.590. The highest BCUT2D eigenvalue weighted by atomic mass is 35.5. The van der Waals surface area contributed by atoms with Crippen LogP contribution in [0.3, 0.4) is 0 Å². The number of nitrogens with one attached hydrogen (secondary N) is 1. The van der Waals surface area contributed by atoms with Crippen LogP contribution in [0.1, 0.15) is 32.3 Å². The molecule has 2 aromatic rings. The van der Waals surface area contributed by atoms with Gasteiger partial charge in [-0.05, 0) is 32.9 Å². The number of nitrogens with zero attached hydrogens (tertiary/aromatic N) is 5. The fourth-order valence-electron chi connectivity index (χ4n) is 1.57. The van der Waals surface area contributed by atoms with Gasteiger partial charge < -0.3 is 15.3 Å². The van der Waals surface area contributed by atoms with E-state index in [-0.39, 0.29) is 17.4 Å². The van der Waals surface area contributed by atoms with Crippen LogP contribution in [0.25, 0.3) is 5.65 Å². The van der Waals surface area contributed by atoms with Crippen molar-refractivity contribution in [2.24, 2.45) is 5.16 Å². The largest absolute Gasteiger partial charge is 0.444 e. The first kappa shape index (κ1) is 16.0. The summed E-state index contributed by atoms with van der Waals surface area (Å²) in [5, 5.41) is 25.9. The van der Waals surface area contributed by atoms with Crippen molar-refractivity contribution in [3.63, 3.8) is 0 Å². The van der Waals surface area contributed by atoms with Crippen molar-refractivity contribution in [1.29, 1.82) is 0 Å². The molecule has 0 radical (unpaired) electrons. The molecule has 0 fully saturated rings. The van der Waals surface area contributed by atoms with Crippen LogP contribution in [0.2, 0.25) is 0 Å². The van der Waals surface area contributed by atoms with Gasteiger partial charge in [-0.15, -0.1) is 10.2 Å². The lowest BCUT2D eigenvalue weighted by molar-refractivity contribution is 0.0522. The number of oxime groups is 1. The van der Waals surface area contributed by atoms with Gasteiger partial charge in [0.05, 0.1) is 6.54 Å². The highest BCUT2D eigenvalue weighted by Crippen LogP contribution is 2.08. The predicted octanol–water partition coefficient (Wildman–Crippen LogP) is 1.52. The smallest absolute Gasteiger partial charge is 0.408 e. The average molecular weight is 327 g/mol. The van der Waals surface area contributed by atoms with Gasteiger partial charge in [0.25, 0.3) is 0 Å². The number of hydrogen-bond acceptors (Lipinski definition) is 7. The Balaban J connectivity index is 2.16. The molecule has 0 spiro atoms. The van der Waals surface area contributed by atoms with Crippen molar-refractivity contribution >= 4 is 28.5 Å². The number of fused-ring (bicyclic) bond motifs is 1. The van der Waals surface area contributed by atoms with E-state index < -0.39 is 11.7 Å². The van der Waals surface area contributed by atoms with Crippen molar-refractivity contribution < 1.29 is 14.7 Å². The van der Waals surface area contributed by atoms with E-state index in [1.54, 1.807) is 26.8 Å².